The van der Waals surface area contributed by atoms with E-state index in [0.717, 1.165) is 26.2 Å². The Labute approximate surface area is 133 Å². The van der Waals surface area contributed by atoms with Crippen LogP contribution < -0.4 is 0 Å². The molecule has 0 aromatic heterocycles. The maximum atomic E-state index is 4.42. The van der Waals surface area contributed by atoms with Crippen LogP contribution in [0, 0.1) is 0 Å². The lowest BCUT2D eigenvalue weighted by molar-refractivity contribution is 0.0314. The third-order valence-electron chi connectivity index (χ3n) is 4.62. The minimum atomic E-state index is -0.526. The van der Waals surface area contributed by atoms with Gasteiger partial charge in [-0.05, 0) is 38.7 Å². The predicted molar refractivity (Wildman–Crippen MR) is 98.3 cm³/mol. The molecule has 118 valence electrons. The number of hydrogen-bond acceptors (Lipinski definition) is 2. The monoisotopic (exact) mass is 304 g/mol. The second-order valence-corrected chi connectivity index (χ2v) is 8.25. The van der Waals surface area contributed by atoms with Crippen LogP contribution in [0.3, 0.4) is 0 Å². The Morgan fingerprint density at radius 3 is 1.76 bits per heavy atom. The molecule has 0 spiro atoms. The minimum Gasteiger partial charge on any atom is -0.289 e. The summed E-state index contributed by atoms with van der Waals surface area (Å²) < 4.78 is 0. The average Bonchev–Trinajstić information content (AvgIpc) is 2.50. The van der Waals surface area contributed by atoms with E-state index >= 15 is 0 Å². The standard InChI is InChI=1S/C18H32N2Si/c1-7-19(8-2)18(6,20(9-3)10-4)21-16(5)17-14-12-11-13-15-17/h11-15H,5,7-10,21H2,1-4,6H3. The van der Waals surface area contributed by atoms with Crippen molar-refractivity contribution in [3.8, 4) is 0 Å². The smallest absolute Gasteiger partial charge is 0.0958 e. The lowest BCUT2D eigenvalue weighted by atomic mass is 10.2. The Bertz CT molecular complexity index is 410. The molecule has 2 nitrogen and oxygen atoms in total. The zero-order valence-corrected chi connectivity index (χ0v) is 15.9. The van der Waals surface area contributed by atoms with E-state index in [9.17, 15) is 0 Å². The Balaban J connectivity index is 3.04. The first-order valence-corrected chi connectivity index (χ1v) is 9.68. The van der Waals surface area contributed by atoms with E-state index in [1.807, 2.05) is 0 Å². The van der Waals surface area contributed by atoms with Crippen molar-refractivity contribution in [2.45, 2.75) is 39.9 Å². The molecule has 0 unspecified atom stereocenters. The molecule has 0 N–H and O–H groups in total. The number of benzene rings is 1. The zero-order valence-electron chi connectivity index (χ0n) is 14.5. The van der Waals surface area contributed by atoms with Crippen LogP contribution in [0.25, 0.3) is 5.20 Å². The fourth-order valence-corrected chi connectivity index (χ4v) is 6.00. The van der Waals surface area contributed by atoms with Crippen molar-refractivity contribution in [3.05, 3.63) is 42.5 Å². The Morgan fingerprint density at radius 1 is 0.952 bits per heavy atom. The van der Waals surface area contributed by atoms with E-state index < -0.39 is 9.52 Å². The summed E-state index contributed by atoms with van der Waals surface area (Å²) in [5, 5.41) is 1.52. The highest BCUT2D eigenvalue weighted by molar-refractivity contribution is 6.63. The summed E-state index contributed by atoms with van der Waals surface area (Å²) >= 11 is 0. The van der Waals surface area contributed by atoms with Crippen molar-refractivity contribution in [2.75, 3.05) is 26.2 Å². The second-order valence-electron chi connectivity index (χ2n) is 5.71. The molecule has 0 aliphatic heterocycles. The predicted octanol–water partition coefficient (Wildman–Crippen LogP) is 3.18. The van der Waals surface area contributed by atoms with Gasteiger partial charge < -0.3 is 0 Å². The lowest BCUT2D eigenvalue weighted by Crippen LogP contribution is -2.62. The van der Waals surface area contributed by atoms with E-state index in [-0.39, 0.29) is 5.29 Å². The van der Waals surface area contributed by atoms with Crippen LogP contribution in [0.4, 0.5) is 0 Å². The molecular weight excluding hydrogens is 272 g/mol. The molecule has 0 heterocycles. The summed E-state index contributed by atoms with van der Waals surface area (Å²) in [5.74, 6) is 0. The van der Waals surface area contributed by atoms with Crippen LogP contribution in [0.15, 0.2) is 36.9 Å². The van der Waals surface area contributed by atoms with Crippen LogP contribution in [-0.2, 0) is 0 Å². The summed E-state index contributed by atoms with van der Waals surface area (Å²) in [7, 11) is -0.526. The molecule has 0 radical (unpaired) electrons. The van der Waals surface area contributed by atoms with Gasteiger partial charge in [-0.25, -0.2) is 0 Å². The topological polar surface area (TPSA) is 6.48 Å². The summed E-state index contributed by atoms with van der Waals surface area (Å²) in [4.78, 5) is 5.22. The van der Waals surface area contributed by atoms with Crippen LogP contribution in [-0.4, -0.2) is 50.8 Å². The van der Waals surface area contributed by atoms with E-state index in [4.69, 9.17) is 0 Å². The molecule has 21 heavy (non-hydrogen) atoms. The van der Waals surface area contributed by atoms with Gasteiger partial charge in [0.1, 0.15) is 0 Å². The van der Waals surface area contributed by atoms with Crippen molar-refractivity contribution < 1.29 is 0 Å². The van der Waals surface area contributed by atoms with Crippen molar-refractivity contribution in [3.63, 3.8) is 0 Å². The number of rotatable bonds is 9. The van der Waals surface area contributed by atoms with Crippen LogP contribution in [0.1, 0.15) is 40.2 Å². The van der Waals surface area contributed by atoms with Crippen molar-refractivity contribution in [1.82, 2.24) is 9.80 Å². The lowest BCUT2D eigenvalue weighted by Gasteiger charge is -2.48. The van der Waals surface area contributed by atoms with Gasteiger partial charge in [-0.1, -0.05) is 69.8 Å². The molecule has 1 aromatic rings. The van der Waals surface area contributed by atoms with Gasteiger partial charge >= 0.3 is 0 Å². The van der Waals surface area contributed by atoms with E-state index in [0.29, 0.717) is 0 Å². The van der Waals surface area contributed by atoms with E-state index in [1.165, 1.54) is 10.8 Å². The zero-order chi connectivity index (χ0) is 15.9. The molecular formula is C18H32N2Si. The molecule has 0 fully saturated rings. The minimum absolute atomic E-state index is 0.167. The molecule has 0 bridgehead atoms. The van der Waals surface area contributed by atoms with Gasteiger partial charge in [0.25, 0.3) is 0 Å². The average molecular weight is 305 g/mol. The van der Waals surface area contributed by atoms with Gasteiger partial charge in [-0.3, -0.25) is 9.80 Å². The fourth-order valence-electron chi connectivity index (χ4n) is 3.41. The highest BCUT2D eigenvalue weighted by atomic mass is 28.2. The largest absolute Gasteiger partial charge is 0.289 e. The maximum absolute atomic E-state index is 4.42. The summed E-state index contributed by atoms with van der Waals surface area (Å²) in [6.07, 6.45) is 0. The van der Waals surface area contributed by atoms with Crippen molar-refractivity contribution in [2.24, 2.45) is 0 Å². The van der Waals surface area contributed by atoms with Gasteiger partial charge in [-0.2, -0.15) is 0 Å². The molecule has 0 aliphatic rings. The molecule has 3 heteroatoms. The first-order valence-electron chi connectivity index (χ1n) is 8.26. The highest BCUT2D eigenvalue weighted by Crippen LogP contribution is 2.24. The SMILES string of the molecule is C=C([SiH2]C(C)(N(CC)CC)N(CC)CC)c1ccccc1. The van der Waals surface area contributed by atoms with Gasteiger partial charge in [0.2, 0.25) is 0 Å². The second kappa shape index (κ2) is 8.52. The van der Waals surface area contributed by atoms with Crippen LogP contribution in [0.2, 0.25) is 0 Å². The van der Waals surface area contributed by atoms with E-state index in [2.05, 4.69) is 81.3 Å². The molecule has 0 atom stereocenters. The van der Waals surface area contributed by atoms with E-state index in [1.54, 1.807) is 0 Å². The maximum Gasteiger partial charge on any atom is 0.0958 e. The van der Waals surface area contributed by atoms with Gasteiger partial charge in [0.05, 0.1) is 14.8 Å². The number of hydrogen-bond donors (Lipinski definition) is 0. The normalized spacial score (nSPS) is 12.7. The molecule has 1 rings (SSSR count). The third kappa shape index (κ3) is 4.28. The Morgan fingerprint density at radius 2 is 1.38 bits per heavy atom. The fraction of sp³-hybridized carbons (Fsp3) is 0.556. The molecule has 1 aromatic carbocycles. The first-order chi connectivity index (χ1) is 10.0. The Hall–Kier alpha value is -0.903. The van der Waals surface area contributed by atoms with Gasteiger partial charge in [0.15, 0.2) is 0 Å². The van der Waals surface area contributed by atoms with Gasteiger partial charge in [0, 0.05) is 0 Å². The molecule has 0 aliphatic carbocycles. The third-order valence-corrected chi connectivity index (χ3v) is 7.02. The van der Waals surface area contributed by atoms with Crippen molar-refractivity contribution in [1.29, 1.82) is 0 Å². The summed E-state index contributed by atoms with van der Waals surface area (Å²) in [6.45, 7) is 20.3. The van der Waals surface area contributed by atoms with Gasteiger partial charge in [-0.15, -0.1) is 0 Å². The first kappa shape index (κ1) is 18.1. The van der Waals surface area contributed by atoms with Crippen LogP contribution >= 0.6 is 0 Å². The summed E-state index contributed by atoms with van der Waals surface area (Å²) in [6, 6.07) is 10.7. The van der Waals surface area contributed by atoms with Crippen molar-refractivity contribution >= 4 is 14.7 Å². The molecule has 0 saturated heterocycles. The molecule has 0 amide bonds. The summed E-state index contributed by atoms with van der Waals surface area (Å²) in [5.41, 5.74) is 1.31. The van der Waals surface area contributed by atoms with Crippen LogP contribution in [0.5, 0.6) is 0 Å². The highest BCUT2D eigenvalue weighted by Gasteiger charge is 2.35. The quantitative estimate of drug-likeness (QED) is 0.511. The molecule has 0 saturated carbocycles. The number of nitrogens with zero attached hydrogens (tertiary/aromatic N) is 2. The Kier molecular flexibility index (Phi) is 7.36.